The standard InChI is InChI=1S/C34H17F11O2/c1-2-3-4-21-13-27(37)31(28(38)14-21)33(41,42)46-23-17-25(35)24(26(36)18-23)12-11-20-7-5-19(6-8-20)9-10-22-15-29(39)32(30(40)16-22)47-34(43,44)45/h2,5-8,13-18H,1,3-4H2. The van der Waals surface area contributed by atoms with Crippen LogP contribution in [0.4, 0.5) is 48.3 Å². The molecule has 0 saturated heterocycles. The molecule has 0 atom stereocenters. The van der Waals surface area contributed by atoms with E-state index in [0.29, 0.717) is 42.8 Å². The molecule has 0 radical (unpaired) electrons. The van der Waals surface area contributed by atoms with E-state index in [2.05, 4.69) is 39.7 Å². The summed E-state index contributed by atoms with van der Waals surface area (Å²) in [5.74, 6) is -2.54. The molecule has 242 valence electrons. The fourth-order valence-electron chi connectivity index (χ4n) is 4.01. The van der Waals surface area contributed by atoms with Crippen LogP contribution in [0.25, 0.3) is 0 Å². The molecule has 0 spiro atoms. The molecule has 4 rings (SSSR count). The molecule has 0 saturated carbocycles. The van der Waals surface area contributed by atoms with E-state index >= 15 is 0 Å². The highest BCUT2D eigenvalue weighted by molar-refractivity contribution is 5.50. The maximum Gasteiger partial charge on any atom is 0.573 e. The minimum atomic E-state index is -5.31. The summed E-state index contributed by atoms with van der Waals surface area (Å²) in [7, 11) is 0. The molecule has 0 N–H and O–H groups in total. The van der Waals surface area contributed by atoms with Crippen molar-refractivity contribution in [3.8, 4) is 35.2 Å². The van der Waals surface area contributed by atoms with Gasteiger partial charge >= 0.3 is 12.5 Å². The highest BCUT2D eigenvalue weighted by Gasteiger charge is 2.41. The number of hydrogen-bond acceptors (Lipinski definition) is 2. The minimum Gasteiger partial charge on any atom is -0.429 e. The average Bonchev–Trinajstić information content (AvgIpc) is 2.96. The summed E-state index contributed by atoms with van der Waals surface area (Å²) in [6.45, 7) is 3.46. The van der Waals surface area contributed by atoms with Crippen LogP contribution in [0.5, 0.6) is 11.5 Å². The van der Waals surface area contributed by atoms with Gasteiger partial charge < -0.3 is 9.47 Å². The molecular formula is C34H17F11O2. The molecule has 0 aromatic heterocycles. The van der Waals surface area contributed by atoms with E-state index in [9.17, 15) is 48.3 Å². The van der Waals surface area contributed by atoms with Crippen LogP contribution < -0.4 is 9.47 Å². The molecule has 0 aliphatic carbocycles. The van der Waals surface area contributed by atoms with Gasteiger partial charge in [0.05, 0.1) is 5.56 Å². The second-order valence-electron chi connectivity index (χ2n) is 9.54. The quantitative estimate of drug-likeness (QED) is 0.111. The van der Waals surface area contributed by atoms with Gasteiger partial charge in [-0.2, -0.15) is 8.78 Å². The molecule has 4 aromatic rings. The summed E-state index contributed by atoms with van der Waals surface area (Å²) in [4.78, 5) is 0. The Morgan fingerprint density at radius 2 is 1.09 bits per heavy atom. The van der Waals surface area contributed by atoms with Crippen LogP contribution in [0.2, 0.25) is 0 Å². The molecule has 0 unspecified atom stereocenters. The predicted molar refractivity (Wildman–Crippen MR) is 147 cm³/mol. The van der Waals surface area contributed by atoms with Gasteiger partial charge in [-0.05, 0) is 66.9 Å². The third-order valence-electron chi connectivity index (χ3n) is 6.08. The first kappa shape index (κ1) is 34.4. The Bertz CT molecular complexity index is 1870. The van der Waals surface area contributed by atoms with Gasteiger partial charge in [0.25, 0.3) is 0 Å². The zero-order valence-electron chi connectivity index (χ0n) is 23.4. The number of hydrogen-bond donors (Lipinski definition) is 0. The van der Waals surface area contributed by atoms with Gasteiger partial charge in [0.15, 0.2) is 11.6 Å². The zero-order chi connectivity index (χ0) is 34.5. The van der Waals surface area contributed by atoms with Crippen molar-refractivity contribution in [3.63, 3.8) is 0 Å². The third kappa shape index (κ3) is 8.85. The number of rotatable bonds is 7. The number of ether oxygens (including phenoxy) is 2. The molecule has 0 fully saturated rings. The third-order valence-corrected chi connectivity index (χ3v) is 6.08. The molecule has 0 heterocycles. The lowest BCUT2D eigenvalue weighted by molar-refractivity contribution is -0.276. The van der Waals surface area contributed by atoms with E-state index in [1.807, 2.05) is 0 Å². The normalized spacial score (nSPS) is 11.2. The van der Waals surface area contributed by atoms with E-state index in [1.165, 1.54) is 30.3 Å². The van der Waals surface area contributed by atoms with Crippen molar-refractivity contribution in [2.75, 3.05) is 0 Å². The van der Waals surface area contributed by atoms with E-state index in [0.717, 1.165) is 0 Å². The minimum absolute atomic E-state index is 0.0857. The number of benzene rings is 4. The predicted octanol–water partition coefficient (Wildman–Crippen LogP) is 9.47. The van der Waals surface area contributed by atoms with E-state index in [1.54, 1.807) is 0 Å². The summed E-state index contributed by atoms with van der Waals surface area (Å²) in [5.41, 5.74) is -2.36. The Labute approximate surface area is 260 Å². The SMILES string of the molecule is C=CCCc1cc(F)c(C(F)(F)Oc2cc(F)c(C#Cc3ccc(C#Cc4cc(F)c(OC(F)(F)F)c(F)c4)cc3)c(F)c2)c(F)c1. The lowest BCUT2D eigenvalue weighted by Gasteiger charge is -2.20. The fraction of sp³-hybridized carbons (Fsp3) is 0.118. The molecule has 2 nitrogen and oxygen atoms in total. The summed E-state index contributed by atoms with van der Waals surface area (Å²) in [6.07, 6.45) is -8.02. The Morgan fingerprint density at radius 3 is 1.57 bits per heavy atom. The molecule has 4 aromatic carbocycles. The molecular weight excluding hydrogens is 649 g/mol. The summed E-state index contributed by atoms with van der Waals surface area (Å²) in [5, 5.41) is 0. The molecule has 0 aliphatic heterocycles. The maximum atomic E-state index is 14.7. The Hall–Kier alpha value is -5.43. The van der Waals surface area contributed by atoms with Gasteiger partial charge in [-0.1, -0.05) is 29.8 Å². The van der Waals surface area contributed by atoms with Crippen molar-refractivity contribution in [1.29, 1.82) is 0 Å². The fourth-order valence-corrected chi connectivity index (χ4v) is 4.01. The van der Waals surface area contributed by atoms with E-state index < -0.39 is 70.0 Å². The monoisotopic (exact) mass is 666 g/mol. The van der Waals surface area contributed by atoms with Crippen molar-refractivity contribution in [2.45, 2.75) is 25.3 Å². The summed E-state index contributed by atoms with van der Waals surface area (Å²) < 4.78 is 160. The second-order valence-corrected chi connectivity index (χ2v) is 9.54. The van der Waals surface area contributed by atoms with Crippen LogP contribution in [0.1, 0.15) is 39.8 Å². The summed E-state index contributed by atoms with van der Waals surface area (Å²) in [6, 6.07) is 8.60. The van der Waals surface area contributed by atoms with Gasteiger partial charge in [-0.25, -0.2) is 26.3 Å². The lowest BCUT2D eigenvalue weighted by Crippen LogP contribution is -2.25. The molecule has 0 amide bonds. The Kier molecular flexibility index (Phi) is 10.2. The average molecular weight is 666 g/mol. The lowest BCUT2D eigenvalue weighted by atomic mass is 10.1. The molecule has 47 heavy (non-hydrogen) atoms. The van der Waals surface area contributed by atoms with Gasteiger partial charge in [0, 0.05) is 28.8 Å². The maximum absolute atomic E-state index is 14.7. The smallest absolute Gasteiger partial charge is 0.429 e. The first-order chi connectivity index (χ1) is 22.1. The molecule has 13 heteroatoms. The highest BCUT2D eigenvalue weighted by Crippen LogP contribution is 2.36. The largest absolute Gasteiger partial charge is 0.573 e. The number of aryl methyl sites for hydroxylation is 1. The Morgan fingerprint density at radius 1 is 0.596 bits per heavy atom. The first-order valence-electron chi connectivity index (χ1n) is 13.1. The van der Waals surface area contributed by atoms with Crippen LogP contribution >= 0.6 is 0 Å². The van der Waals surface area contributed by atoms with Crippen LogP contribution in [-0.4, -0.2) is 6.36 Å². The summed E-state index contributed by atoms with van der Waals surface area (Å²) >= 11 is 0. The van der Waals surface area contributed by atoms with E-state index in [-0.39, 0.29) is 28.7 Å². The number of allylic oxidation sites excluding steroid dienone is 1. The highest BCUT2D eigenvalue weighted by atomic mass is 19.4. The Balaban J connectivity index is 1.49. The van der Waals surface area contributed by atoms with Crippen LogP contribution in [0.15, 0.2) is 73.3 Å². The van der Waals surface area contributed by atoms with Crippen molar-refractivity contribution in [1.82, 2.24) is 0 Å². The molecule has 0 bridgehead atoms. The van der Waals surface area contributed by atoms with E-state index in [4.69, 9.17) is 0 Å². The zero-order valence-corrected chi connectivity index (χ0v) is 23.4. The van der Waals surface area contributed by atoms with Gasteiger partial charge in [-0.15, -0.1) is 19.8 Å². The number of halogens is 11. The van der Waals surface area contributed by atoms with Gasteiger partial charge in [0.2, 0.25) is 5.75 Å². The molecule has 0 aliphatic rings. The first-order valence-corrected chi connectivity index (χ1v) is 13.1. The second kappa shape index (κ2) is 13.9. The van der Waals surface area contributed by atoms with Gasteiger partial charge in [-0.3, -0.25) is 0 Å². The number of alkyl halides is 5. The van der Waals surface area contributed by atoms with Gasteiger partial charge in [0.1, 0.15) is 34.6 Å². The van der Waals surface area contributed by atoms with Crippen molar-refractivity contribution < 1.29 is 57.8 Å². The van der Waals surface area contributed by atoms with Crippen molar-refractivity contribution >= 4 is 0 Å². The van der Waals surface area contributed by atoms with Crippen LogP contribution in [-0.2, 0) is 12.5 Å². The topological polar surface area (TPSA) is 18.5 Å². The van der Waals surface area contributed by atoms with Crippen molar-refractivity contribution in [2.24, 2.45) is 0 Å². The van der Waals surface area contributed by atoms with Crippen LogP contribution in [0.3, 0.4) is 0 Å². The van der Waals surface area contributed by atoms with Crippen molar-refractivity contribution in [3.05, 3.63) is 142 Å². The van der Waals surface area contributed by atoms with Crippen LogP contribution in [0, 0.1) is 58.6 Å².